The molecular weight excluding hydrogens is 673 g/mol. The third kappa shape index (κ3) is 15.4. The van der Waals surface area contributed by atoms with Gasteiger partial charge in [0, 0.05) is 34.4 Å². The predicted molar refractivity (Wildman–Crippen MR) is 219 cm³/mol. The molecule has 3 aromatic carbocycles. The molecule has 0 atom stereocenters. The average Bonchev–Trinajstić information content (AvgIpc) is 3.18. The van der Waals surface area contributed by atoms with Crippen LogP contribution in [0.4, 0.5) is 0 Å². The Labute approximate surface area is 324 Å². The van der Waals surface area contributed by atoms with Crippen LogP contribution < -0.4 is 9.47 Å². The molecule has 0 amide bonds. The average molecular weight is 731 g/mol. The molecular formula is C48H58O6. The largest absolute Gasteiger partial charge is 0.493 e. The molecule has 3 rings (SSSR count). The predicted octanol–water partition coefficient (Wildman–Crippen LogP) is 10.6. The SMILES string of the molecule is C=CC(=O)OCCCCCCOc1ccc(C#Cc2ccc(C#Cc3ccc(OCCCCCCOC(=O)C=C)c(C(C)C)c3)c(CC)c2)cc1C(C)C. The molecule has 0 saturated carbocycles. The Balaban J connectivity index is 1.58. The van der Waals surface area contributed by atoms with Crippen molar-refractivity contribution in [3.05, 3.63) is 119 Å². The van der Waals surface area contributed by atoms with Crippen LogP contribution in [-0.4, -0.2) is 38.4 Å². The Hall–Kier alpha value is -5.20. The highest BCUT2D eigenvalue weighted by Gasteiger charge is 2.11. The minimum atomic E-state index is -0.369. The van der Waals surface area contributed by atoms with Crippen LogP contribution in [0.1, 0.15) is 137 Å². The van der Waals surface area contributed by atoms with Gasteiger partial charge in [-0.25, -0.2) is 9.59 Å². The van der Waals surface area contributed by atoms with Crippen LogP contribution in [0, 0.1) is 23.7 Å². The summed E-state index contributed by atoms with van der Waals surface area (Å²) in [5, 5.41) is 0. The third-order valence-corrected chi connectivity index (χ3v) is 8.86. The van der Waals surface area contributed by atoms with Crippen LogP contribution in [0.25, 0.3) is 0 Å². The fourth-order valence-corrected chi connectivity index (χ4v) is 5.73. The van der Waals surface area contributed by atoms with E-state index in [1.807, 2.05) is 30.3 Å². The third-order valence-electron chi connectivity index (χ3n) is 8.86. The van der Waals surface area contributed by atoms with Gasteiger partial charge in [-0.1, -0.05) is 71.5 Å². The highest BCUT2D eigenvalue weighted by molar-refractivity contribution is 5.81. The Morgan fingerprint density at radius 1 is 0.574 bits per heavy atom. The van der Waals surface area contributed by atoms with E-state index in [9.17, 15) is 9.59 Å². The molecule has 0 N–H and O–H groups in total. The Morgan fingerprint density at radius 2 is 0.981 bits per heavy atom. The molecule has 0 aliphatic heterocycles. The molecule has 3 aromatic rings. The van der Waals surface area contributed by atoms with Crippen molar-refractivity contribution in [3.63, 3.8) is 0 Å². The molecule has 6 nitrogen and oxygen atoms in total. The molecule has 0 aliphatic carbocycles. The summed E-state index contributed by atoms with van der Waals surface area (Å²) in [5.74, 6) is 15.2. The van der Waals surface area contributed by atoms with E-state index in [2.05, 4.69) is 95.7 Å². The zero-order valence-corrected chi connectivity index (χ0v) is 33.1. The van der Waals surface area contributed by atoms with Gasteiger partial charge in [0.15, 0.2) is 0 Å². The molecule has 0 bridgehead atoms. The van der Waals surface area contributed by atoms with Crippen molar-refractivity contribution >= 4 is 11.9 Å². The van der Waals surface area contributed by atoms with Crippen molar-refractivity contribution in [1.29, 1.82) is 0 Å². The van der Waals surface area contributed by atoms with E-state index in [-0.39, 0.29) is 11.9 Å². The number of carbonyl (C=O) groups excluding carboxylic acids is 2. The smallest absolute Gasteiger partial charge is 0.330 e. The van der Waals surface area contributed by atoms with E-state index in [1.54, 1.807) is 0 Å². The number of rotatable bonds is 21. The van der Waals surface area contributed by atoms with Crippen molar-refractivity contribution < 1.29 is 28.5 Å². The summed E-state index contributed by atoms with van der Waals surface area (Å²) in [7, 11) is 0. The number of aryl methyl sites for hydroxylation is 1. The van der Waals surface area contributed by atoms with Crippen molar-refractivity contribution in [1.82, 2.24) is 0 Å². The second-order valence-corrected chi connectivity index (χ2v) is 13.8. The van der Waals surface area contributed by atoms with Gasteiger partial charge in [-0.2, -0.15) is 0 Å². The van der Waals surface area contributed by atoms with Gasteiger partial charge in [0.2, 0.25) is 0 Å². The van der Waals surface area contributed by atoms with E-state index < -0.39 is 0 Å². The molecule has 0 unspecified atom stereocenters. The monoisotopic (exact) mass is 730 g/mol. The molecule has 0 saturated heterocycles. The molecule has 6 heteroatoms. The fraction of sp³-hybridized carbons (Fsp3) is 0.417. The summed E-state index contributed by atoms with van der Waals surface area (Å²) in [6.07, 6.45) is 10.8. The molecule has 0 heterocycles. The second-order valence-electron chi connectivity index (χ2n) is 13.8. The van der Waals surface area contributed by atoms with Crippen LogP contribution in [0.15, 0.2) is 79.9 Å². The van der Waals surface area contributed by atoms with Gasteiger partial charge >= 0.3 is 11.9 Å². The van der Waals surface area contributed by atoms with Gasteiger partial charge < -0.3 is 18.9 Å². The molecule has 0 radical (unpaired) electrons. The fourth-order valence-electron chi connectivity index (χ4n) is 5.73. The van der Waals surface area contributed by atoms with Crippen LogP contribution in [-0.2, 0) is 25.5 Å². The van der Waals surface area contributed by atoms with Gasteiger partial charge in [0.05, 0.1) is 26.4 Å². The van der Waals surface area contributed by atoms with Crippen molar-refractivity contribution in [2.24, 2.45) is 0 Å². The molecule has 0 fully saturated rings. The number of hydrogen-bond donors (Lipinski definition) is 0. The topological polar surface area (TPSA) is 71.1 Å². The number of ether oxygens (including phenoxy) is 4. The van der Waals surface area contributed by atoms with E-state index >= 15 is 0 Å². The number of unbranched alkanes of at least 4 members (excludes halogenated alkanes) is 6. The van der Waals surface area contributed by atoms with E-state index in [0.29, 0.717) is 38.3 Å². The summed E-state index contributed by atoms with van der Waals surface area (Å²) in [4.78, 5) is 22.3. The Kier molecular flexibility index (Phi) is 19.3. The van der Waals surface area contributed by atoms with Gasteiger partial charge in [-0.15, -0.1) is 0 Å². The highest BCUT2D eigenvalue weighted by Crippen LogP contribution is 2.29. The maximum Gasteiger partial charge on any atom is 0.330 e. The van der Waals surface area contributed by atoms with E-state index in [1.165, 1.54) is 17.7 Å². The van der Waals surface area contributed by atoms with Crippen molar-refractivity contribution in [2.45, 2.75) is 104 Å². The van der Waals surface area contributed by atoms with Crippen LogP contribution >= 0.6 is 0 Å². The lowest BCUT2D eigenvalue weighted by atomic mass is 9.98. The highest BCUT2D eigenvalue weighted by atomic mass is 16.5. The minimum Gasteiger partial charge on any atom is -0.493 e. The van der Waals surface area contributed by atoms with Crippen LogP contribution in [0.2, 0.25) is 0 Å². The van der Waals surface area contributed by atoms with Crippen LogP contribution in [0.5, 0.6) is 11.5 Å². The Bertz CT molecular complexity index is 1810. The summed E-state index contributed by atoms with van der Waals surface area (Å²) in [6, 6.07) is 18.7. The zero-order chi connectivity index (χ0) is 39.1. The minimum absolute atomic E-state index is 0.301. The summed E-state index contributed by atoms with van der Waals surface area (Å²) < 4.78 is 22.4. The summed E-state index contributed by atoms with van der Waals surface area (Å²) in [5.41, 5.74) is 7.35. The van der Waals surface area contributed by atoms with E-state index in [0.717, 1.165) is 103 Å². The normalized spacial score (nSPS) is 10.5. The van der Waals surface area contributed by atoms with Crippen molar-refractivity contribution in [3.8, 4) is 35.2 Å². The lowest BCUT2D eigenvalue weighted by molar-refractivity contribution is -0.138. The summed E-state index contributed by atoms with van der Waals surface area (Å²) in [6.45, 7) is 19.8. The molecule has 286 valence electrons. The maximum atomic E-state index is 11.1. The molecule has 0 aromatic heterocycles. The zero-order valence-electron chi connectivity index (χ0n) is 33.1. The lowest BCUT2D eigenvalue weighted by Gasteiger charge is -2.14. The standard InChI is InChI=1S/C48H58O6/c1-8-41-33-38(19-20-39-23-27-45(43(34-39)36(4)5)51-29-15-11-13-17-31-53-47(49)9-2)21-25-42(41)26-22-40-24-28-46(44(35-40)37(6)7)52-30-16-12-14-18-32-54-48(50)10-3/h9-10,21,23-25,27-28,33-37H,2-3,8,11-18,29-32H2,1,4-7H3. The molecule has 54 heavy (non-hydrogen) atoms. The second kappa shape index (κ2) is 24.2. The number of esters is 2. The number of carbonyl (C=O) groups is 2. The van der Waals surface area contributed by atoms with E-state index in [4.69, 9.17) is 18.9 Å². The van der Waals surface area contributed by atoms with Crippen LogP contribution in [0.3, 0.4) is 0 Å². The number of benzene rings is 3. The van der Waals surface area contributed by atoms with Gasteiger partial charge in [-0.3, -0.25) is 0 Å². The molecule has 0 spiro atoms. The maximum absolute atomic E-state index is 11.1. The first kappa shape index (κ1) is 43.2. The van der Waals surface area contributed by atoms with Gasteiger partial charge in [0.1, 0.15) is 11.5 Å². The first-order valence-electron chi connectivity index (χ1n) is 19.4. The lowest BCUT2D eigenvalue weighted by Crippen LogP contribution is -2.03. The first-order valence-corrected chi connectivity index (χ1v) is 19.4. The molecule has 0 aliphatic rings. The van der Waals surface area contributed by atoms with Crippen molar-refractivity contribution in [2.75, 3.05) is 26.4 Å². The van der Waals surface area contributed by atoms with Gasteiger partial charge in [0.25, 0.3) is 0 Å². The van der Waals surface area contributed by atoms with Gasteiger partial charge in [-0.05, 0) is 141 Å². The number of hydrogen-bond acceptors (Lipinski definition) is 6. The quantitative estimate of drug-likeness (QED) is 0.0470. The Morgan fingerprint density at radius 3 is 1.41 bits per heavy atom. The summed E-state index contributed by atoms with van der Waals surface area (Å²) >= 11 is 0. The first-order chi connectivity index (χ1) is 26.1.